The highest BCUT2D eigenvalue weighted by atomic mass is 16.6. The summed E-state index contributed by atoms with van der Waals surface area (Å²) in [6.07, 6.45) is -12.8. The minimum absolute atomic E-state index is 0.204. The van der Waals surface area contributed by atoms with Gasteiger partial charge in [0.05, 0.1) is 63.6 Å². The predicted octanol–water partition coefficient (Wildman–Crippen LogP) is -6.92. The van der Waals surface area contributed by atoms with E-state index in [1.165, 1.54) is 0 Å². The molecule has 0 saturated carbocycles. The van der Waals surface area contributed by atoms with Crippen LogP contribution in [0.5, 0.6) is 0 Å². The average molecular weight is 711 g/mol. The van der Waals surface area contributed by atoms with Gasteiger partial charge in [0.15, 0.2) is 0 Å². The highest BCUT2D eigenvalue weighted by molar-refractivity contribution is 4.90. The lowest BCUT2D eigenvalue weighted by molar-refractivity contribution is -0.0171. The zero-order chi connectivity index (χ0) is 37.0. The highest BCUT2D eigenvalue weighted by Crippen LogP contribution is 2.22. The molecule has 0 amide bonds. The van der Waals surface area contributed by atoms with Gasteiger partial charge in [-0.05, 0) is 34.6 Å². The maximum atomic E-state index is 9.09. The van der Waals surface area contributed by atoms with Crippen LogP contribution in [0, 0.1) is 0 Å². The lowest BCUT2D eigenvalue weighted by Gasteiger charge is -2.10. The molecule has 5 fully saturated rings. The second-order valence-corrected chi connectivity index (χ2v) is 12.3. The van der Waals surface area contributed by atoms with Crippen LogP contribution in [0.3, 0.4) is 0 Å². The average Bonchev–Trinajstić information content (AvgIpc) is 3.77. The van der Waals surface area contributed by atoms with Crippen LogP contribution in [0.4, 0.5) is 0 Å². The van der Waals surface area contributed by atoms with Gasteiger partial charge in [0, 0.05) is 0 Å². The molecule has 5 heterocycles. The number of hydrogen-bond acceptors (Lipinski definition) is 19. The van der Waals surface area contributed by atoms with E-state index >= 15 is 0 Å². The molecule has 0 aromatic heterocycles. The number of rotatable bonds is 4. The fourth-order valence-electron chi connectivity index (χ4n) is 5.10. The second-order valence-electron chi connectivity index (χ2n) is 12.3. The van der Waals surface area contributed by atoms with Crippen molar-refractivity contribution >= 4 is 0 Å². The van der Waals surface area contributed by atoms with E-state index in [1.54, 1.807) is 34.6 Å². The van der Waals surface area contributed by atoms with E-state index < -0.39 is 85.5 Å². The largest absolute Gasteiger partial charge is 0.394 e. The molecule has 5 rings (SSSR count). The Hall–Kier alpha value is -0.760. The first-order valence-electron chi connectivity index (χ1n) is 15.9. The molecule has 19 atom stereocenters. The van der Waals surface area contributed by atoms with Crippen molar-refractivity contribution in [3.05, 3.63) is 0 Å². The van der Waals surface area contributed by atoms with E-state index in [1.807, 2.05) is 0 Å². The van der Waals surface area contributed by atoms with Crippen molar-refractivity contribution in [2.75, 3.05) is 33.0 Å². The molecule has 5 saturated heterocycles. The Labute approximate surface area is 279 Å². The molecule has 0 aromatic rings. The predicted molar refractivity (Wildman–Crippen MR) is 161 cm³/mol. The molecule has 19 heteroatoms. The van der Waals surface area contributed by atoms with Gasteiger partial charge in [0.1, 0.15) is 85.5 Å². The third kappa shape index (κ3) is 12.5. The standard InChI is InChI=1S/4C6H12O4.C5H10O3/c4*1-3-5(8)6(9)4(2-7)10-3;1-3-5(7)4(6)2-8-3/h4*3-9H,2H2,1H3;3-7H,2H2,1H3/t2*3-,4-,5+,6?;2*3-,4-,5-,6?;3-,4?,5-/m11111/s1. The van der Waals surface area contributed by atoms with Gasteiger partial charge in [-0.15, -0.1) is 0 Å². The van der Waals surface area contributed by atoms with Crippen LogP contribution < -0.4 is 0 Å². The van der Waals surface area contributed by atoms with E-state index in [2.05, 4.69) is 0 Å². The molecule has 14 N–H and O–H groups in total. The molecule has 288 valence electrons. The summed E-state index contributed by atoms with van der Waals surface area (Å²) in [4.78, 5) is 0. The van der Waals surface area contributed by atoms with E-state index in [-0.39, 0.29) is 63.6 Å². The molecule has 0 bridgehead atoms. The third-order valence-electron chi connectivity index (χ3n) is 8.53. The minimum atomic E-state index is -0.944. The van der Waals surface area contributed by atoms with Crippen molar-refractivity contribution in [2.24, 2.45) is 0 Å². The smallest absolute Gasteiger partial charge is 0.111 e. The summed E-state index contributed by atoms with van der Waals surface area (Å²) in [6.45, 7) is 7.64. The van der Waals surface area contributed by atoms with Gasteiger partial charge in [-0.3, -0.25) is 0 Å². The number of hydrogen-bond donors (Lipinski definition) is 14. The van der Waals surface area contributed by atoms with Crippen LogP contribution in [0.2, 0.25) is 0 Å². The van der Waals surface area contributed by atoms with Gasteiger partial charge in [-0.25, -0.2) is 0 Å². The van der Waals surface area contributed by atoms with Crippen LogP contribution in [0.25, 0.3) is 0 Å². The lowest BCUT2D eigenvalue weighted by atomic mass is 10.1. The second kappa shape index (κ2) is 21.6. The summed E-state index contributed by atoms with van der Waals surface area (Å²) >= 11 is 0. The van der Waals surface area contributed by atoms with Crippen LogP contribution in [-0.2, 0) is 23.7 Å². The maximum absolute atomic E-state index is 9.09. The molecule has 5 aliphatic heterocycles. The normalized spacial score (nSPS) is 47.9. The maximum Gasteiger partial charge on any atom is 0.111 e. The summed E-state index contributed by atoms with van der Waals surface area (Å²) in [5.74, 6) is 0. The van der Waals surface area contributed by atoms with Crippen LogP contribution in [0.15, 0.2) is 0 Å². The highest BCUT2D eigenvalue weighted by Gasteiger charge is 2.42. The minimum Gasteiger partial charge on any atom is -0.394 e. The van der Waals surface area contributed by atoms with Crippen molar-refractivity contribution in [3.63, 3.8) is 0 Å². The van der Waals surface area contributed by atoms with Gasteiger partial charge < -0.3 is 95.2 Å². The van der Waals surface area contributed by atoms with Crippen molar-refractivity contribution in [2.45, 2.75) is 151 Å². The summed E-state index contributed by atoms with van der Waals surface area (Å²) in [7, 11) is 0. The molecule has 48 heavy (non-hydrogen) atoms. The Morgan fingerprint density at radius 3 is 0.646 bits per heavy atom. The summed E-state index contributed by atoms with van der Waals surface area (Å²) in [5, 5.41) is 125. The zero-order valence-corrected chi connectivity index (χ0v) is 27.8. The molecular weight excluding hydrogens is 652 g/mol. The van der Waals surface area contributed by atoms with Crippen molar-refractivity contribution in [1.29, 1.82) is 0 Å². The van der Waals surface area contributed by atoms with Gasteiger partial charge in [-0.1, -0.05) is 0 Å². The zero-order valence-electron chi connectivity index (χ0n) is 27.8. The lowest BCUT2D eigenvalue weighted by Crippen LogP contribution is -2.33. The van der Waals surface area contributed by atoms with E-state index in [0.29, 0.717) is 0 Å². The van der Waals surface area contributed by atoms with Gasteiger partial charge >= 0.3 is 0 Å². The monoisotopic (exact) mass is 710 g/mol. The van der Waals surface area contributed by atoms with E-state index in [9.17, 15) is 0 Å². The first kappa shape index (κ1) is 45.3. The van der Waals surface area contributed by atoms with Crippen molar-refractivity contribution < 1.29 is 95.2 Å². The van der Waals surface area contributed by atoms with Gasteiger partial charge in [0.2, 0.25) is 0 Å². The Bertz CT molecular complexity index is 737. The number of aliphatic hydroxyl groups excluding tert-OH is 14. The molecule has 5 unspecified atom stereocenters. The Kier molecular flexibility index (Phi) is 20.3. The molecule has 5 aliphatic rings. The summed E-state index contributed by atoms with van der Waals surface area (Å²) < 4.78 is 24.8. The number of aliphatic hydroxyl groups is 14. The van der Waals surface area contributed by atoms with Crippen molar-refractivity contribution in [1.82, 2.24) is 0 Å². The third-order valence-corrected chi connectivity index (χ3v) is 8.53. The van der Waals surface area contributed by atoms with Crippen LogP contribution in [-0.4, -0.2) is 221 Å². The Morgan fingerprint density at radius 1 is 0.354 bits per heavy atom. The molecule has 0 radical (unpaired) electrons. The molecule has 19 nitrogen and oxygen atoms in total. The fourth-order valence-corrected chi connectivity index (χ4v) is 5.10. The van der Waals surface area contributed by atoms with E-state index in [4.69, 9.17) is 95.2 Å². The van der Waals surface area contributed by atoms with Crippen molar-refractivity contribution in [3.8, 4) is 0 Å². The Balaban J connectivity index is 0.000000301. The summed E-state index contributed by atoms with van der Waals surface area (Å²) in [6, 6.07) is 0. The Morgan fingerprint density at radius 2 is 0.583 bits per heavy atom. The van der Waals surface area contributed by atoms with Gasteiger partial charge in [-0.2, -0.15) is 0 Å². The molecule has 0 aliphatic carbocycles. The SMILES string of the molecule is C[C@H]1OCC(O)[C@@H]1O.C[C@H]1O[C@H](CO)C(O)[C@@H]1O.C[C@H]1O[C@H](CO)C(O)[C@@H]1O.C[C@H]1O[C@H](CO)C(O)[C@H]1O.C[C@H]1O[C@H](CO)C(O)[C@H]1O. The first-order chi connectivity index (χ1) is 22.4. The summed E-state index contributed by atoms with van der Waals surface area (Å²) in [5.41, 5.74) is 0. The van der Waals surface area contributed by atoms with E-state index in [0.717, 1.165) is 0 Å². The fraction of sp³-hybridized carbons (Fsp3) is 1.00. The number of ether oxygens (including phenoxy) is 5. The molecule has 0 aromatic carbocycles. The molecular formula is C29H58O19. The quantitative estimate of drug-likeness (QED) is 0.129. The topological polar surface area (TPSA) is 329 Å². The molecule has 0 spiro atoms. The van der Waals surface area contributed by atoms with Crippen LogP contribution >= 0.6 is 0 Å². The van der Waals surface area contributed by atoms with Crippen LogP contribution in [0.1, 0.15) is 34.6 Å². The van der Waals surface area contributed by atoms with Gasteiger partial charge in [0.25, 0.3) is 0 Å². The first-order valence-corrected chi connectivity index (χ1v) is 15.9.